The summed E-state index contributed by atoms with van der Waals surface area (Å²) in [6.07, 6.45) is 1.90. The van der Waals surface area contributed by atoms with Crippen LogP contribution in [0.25, 0.3) is 10.9 Å². The predicted molar refractivity (Wildman–Crippen MR) is 123 cm³/mol. The molecule has 4 rings (SSSR count). The summed E-state index contributed by atoms with van der Waals surface area (Å²) in [5.41, 5.74) is 2.02. The lowest BCUT2D eigenvalue weighted by Gasteiger charge is -2.34. The number of amides is 2. The summed E-state index contributed by atoms with van der Waals surface area (Å²) < 4.78 is 45.8. The van der Waals surface area contributed by atoms with Gasteiger partial charge in [0.15, 0.2) is 0 Å². The minimum absolute atomic E-state index is 0.0780. The largest absolute Gasteiger partial charge is 0.361 e. The Morgan fingerprint density at radius 3 is 2.62 bits per heavy atom. The first kappa shape index (κ1) is 23.9. The number of fused-ring (bicyclic) bond motifs is 1. The quantitative estimate of drug-likeness (QED) is 0.436. The van der Waals surface area contributed by atoms with Crippen molar-refractivity contribution in [2.45, 2.75) is 24.0 Å². The van der Waals surface area contributed by atoms with Gasteiger partial charge in [0.05, 0.1) is 18.0 Å². The van der Waals surface area contributed by atoms with Crippen LogP contribution in [0.4, 0.5) is 4.39 Å². The second-order valence-corrected chi connectivity index (χ2v) is 9.71. The number of rotatable bonds is 7. The SMILES string of the molecule is O=C(NCCc1c[nH]c2ccccc12)C(=O)NC[C@H]1OCCCN1S(=O)(=O)c1ccc(F)cc1. The molecule has 2 amide bonds. The van der Waals surface area contributed by atoms with Crippen LogP contribution in [0.1, 0.15) is 12.0 Å². The zero-order valence-electron chi connectivity index (χ0n) is 18.3. The zero-order chi connectivity index (χ0) is 24.1. The number of hydrogen-bond donors (Lipinski definition) is 3. The average molecular weight is 489 g/mol. The molecule has 1 aliphatic heterocycles. The monoisotopic (exact) mass is 488 g/mol. The predicted octanol–water partition coefficient (Wildman–Crippen LogP) is 1.52. The van der Waals surface area contributed by atoms with Crippen LogP contribution in [0.2, 0.25) is 0 Å². The molecule has 9 nitrogen and oxygen atoms in total. The van der Waals surface area contributed by atoms with Crippen LogP contribution < -0.4 is 10.6 Å². The minimum atomic E-state index is -3.97. The number of H-pyrrole nitrogens is 1. The number of benzene rings is 2. The molecule has 11 heteroatoms. The van der Waals surface area contributed by atoms with E-state index in [1.54, 1.807) is 0 Å². The highest BCUT2D eigenvalue weighted by molar-refractivity contribution is 7.89. The third-order valence-corrected chi connectivity index (χ3v) is 7.48. The number of hydrogen-bond acceptors (Lipinski definition) is 5. The van der Waals surface area contributed by atoms with Gasteiger partial charge in [0.25, 0.3) is 0 Å². The van der Waals surface area contributed by atoms with Crippen LogP contribution in [0.5, 0.6) is 0 Å². The Balaban J connectivity index is 1.30. The molecule has 180 valence electrons. The normalized spacial score (nSPS) is 16.9. The second-order valence-electron chi connectivity index (χ2n) is 7.82. The number of sulfonamides is 1. The van der Waals surface area contributed by atoms with Crippen molar-refractivity contribution in [3.63, 3.8) is 0 Å². The van der Waals surface area contributed by atoms with Crippen molar-refractivity contribution in [3.05, 3.63) is 66.1 Å². The molecule has 3 N–H and O–H groups in total. The Hall–Kier alpha value is -3.28. The molecule has 1 aliphatic rings. The highest BCUT2D eigenvalue weighted by Crippen LogP contribution is 2.22. The number of carbonyl (C=O) groups is 2. The molecule has 1 saturated heterocycles. The highest BCUT2D eigenvalue weighted by atomic mass is 32.2. The van der Waals surface area contributed by atoms with Crippen molar-refractivity contribution >= 4 is 32.7 Å². The number of nitrogens with zero attached hydrogens (tertiary/aromatic N) is 1. The van der Waals surface area contributed by atoms with Crippen molar-refractivity contribution in [1.82, 2.24) is 19.9 Å². The lowest BCUT2D eigenvalue weighted by Crippen LogP contribution is -2.53. The van der Waals surface area contributed by atoms with E-state index in [1.165, 1.54) is 12.1 Å². The lowest BCUT2D eigenvalue weighted by atomic mass is 10.1. The number of halogens is 1. The van der Waals surface area contributed by atoms with Gasteiger partial charge in [-0.2, -0.15) is 4.31 Å². The standard InChI is InChI=1S/C23H25FN4O5S/c24-17-6-8-18(9-7-17)34(31,32)28-12-3-13-33-21(28)15-27-23(30)22(29)25-11-10-16-14-26-20-5-2-1-4-19(16)20/h1-2,4-9,14,21,26H,3,10-13,15H2,(H,25,29)(H,27,30)/t21-/m1/s1. The first-order valence-corrected chi connectivity index (χ1v) is 12.3. The van der Waals surface area contributed by atoms with Crippen LogP contribution in [-0.2, 0) is 30.8 Å². The van der Waals surface area contributed by atoms with E-state index in [0.717, 1.165) is 32.9 Å². The van der Waals surface area contributed by atoms with E-state index in [2.05, 4.69) is 15.6 Å². The number of ether oxygens (including phenoxy) is 1. The van der Waals surface area contributed by atoms with Crippen molar-refractivity contribution in [1.29, 1.82) is 0 Å². The van der Waals surface area contributed by atoms with E-state index in [0.29, 0.717) is 19.4 Å². The molecule has 1 aromatic heterocycles. The molecule has 1 fully saturated rings. The van der Waals surface area contributed by atoms with Crippen LogP contribution >= 0.6 is 0 Å². The van der Waals surface area contributed by atoms with Crippen molar-refractivity contribution in [2.75, 3.05) is 26.2 Å². The van der Waals surface area contributed by atoms with Gasteiger partial charge in [-0.15, -0.1) is 0 Å². The molecule has 0 radical (unpaired) electrons. The summed E-state index contributed by atoms with van der Waals surface area (Å²) in [6.45, 7) is 0.554. The first-order chi connectivity index (χ1) is 16.4. The number of nitrogens with one attached hydrogen (secondary N) is 3. The topological polar surface area (TPSA) is 121 Å². The maximum absolute atomic E-state index is 13.2. The molecule has 2 aromatic carbocycles. The molecule has 0 aliphatic carbocycles. The number of para-hydroxylation sites is 1. The van der Waals surface area contributed by atoms with Gasteiger partial charge in [0.2, 0.25) is 10.0 Å². The zero-order valence-corrected chi connectivity index (χ0v) is 19.1. The van der Waals surface area contributed by atoms with Crippen molar-refractivity contribution in [3.8, 4) is 0 Å². The molecule has 0 saturated carbocycles. The van der Waals surface area contributed by atoms with Crippen molar-refractivity contribution in [2.24, 2.45) is 0 Å². The third kappa shape index (κ3) is 5.27. The summed E-state index contributed by atoms with van der Waals surface area (Å²) in [5.74, 6) is -2.25. The van der Waals surface area contributed by atoms with Crippen LogP contribution in [0.15, 0.2) is 59.6 Å². The maximum atomic E-state index is 13.2. The van der Waals surface area contributed by atoms with Gasteiger partial charge >= 0.3 is 11.8 Å². The van der Waals surface area contributed by atoms with Crippen molar-refractivity contribution < 1.29 is 27.1 Å². The molecule has 3 aromatic rings. The Morgan fingerprint density at radius 1 is 1.09 bits per heavy atom. The third-order valence-electron chi connectivity index (χ3n) is 5.57. The molecular weight excluding hydrogens is 463 g/mol. The molecule has 34 heavy (non-hydrogen) atoms. The van der Waals surface area contributed by atoms with E-state index >= 15 is 0 Å². The van der Waals surface area contributed by atoms with Crippen LogP contribution in [-0.4, -0.2) is 62.0 Å². The van der Waals surface area contributed by atoms with E-state index < -0.39 is 33.9 Å². The molecule has 0 bridgehead atoms. The highest BCUT2D eigenvalue weighted by Gasteiger charge is 2.35. The van der Waals surface area contributed by atoms with E-state index in [4.69, 9.17) is 4.74 Å². The van der Waals surface area contributed by atoms with E-state index in [1.807, 2.05) is 30.5 Å². The average Bonchev–Trinajstić information content (AvgIpc) is 3.26. The summed E-state index contributed by atoms with van der Waals surface area (Å²) in [7, 11) is -3.97. The smallest absolute Gasteiger partial charge is 0.309 e. The van der Waals surface area contributed by atoms with Gasteiger partial charge in [-0.1, -0.05) is 18.2 Å². The fraction of sp³-hybridized carbons (Fsp3) is 0.304. The molecule has 1 atom stereocenters. The molecular formula is C23H25FN4O5S. The van der Waals surface area contributed by atoms with Crippen LogP contribution in [0, 0.1) is 5.82 Å². The summed E-state index contributed by atoms with van der Waals surface area (Å²) in [6, 6.07) is 12.3. The van der Waals surface area contributed by atoms with Gasteiger partial charge in [-0.05, 0) is 48.7 Å². The molecule has 2 heterocycles. The van der Waals surface area contributed by atoms with E-state index in [-0.39, 0.29) is 24.5 Å². The first-order valence-electron chi connectivity index (χ1n) is 10.9. The molecule has 0 unspecified atom stereocenters. The van der Waals surface area contributed by atoms with E-state index in [9.17, 15) is 22.4 Å². The molecule has 0 spiro atoms. The van der Waals surface area contributed by atoms with Gasteiger partial charge in [0, 0.05) is 30.2 Å². The summed E-state index contributed by atoms with van der Waals surface area (Å²) in [5, 5.41) is 6.07. The Bertz CT molecular complexity index is 1280. The van der Waals surface area contributed by atoms with Gasteiger partial charge in [0.1, 0.15) is 12.0 Å². The van der Waals surface area contributed by atoms with Crippen LogP contribution in [0.3, 0.4) is 0 Å². The lowest BCUT2D eigenvalue weighted by molar-refractivity contribution is -0.140. The van der Waals surface area contributed by atoms with Gasteiger partial charge in [-0.3, -0.25) is 9.59 Å². The summed E-state index contributed by atoms with van der Waals surface area (Å²) >= 11 is 0. The summed E-state index contributed by atoms with van der Waals surface area (Å²) in [4.78, 5) is 27.5. The Labute approximate surface area is 196 Å². The fourth-order valence-corrected chi connectivity index (χ4v) is 5.40. The number of carbonyl (C=O) groups excluding carboxylic acids is 2. The number of aromatic amines is 1. The Kier molecular flexibility index (Phi) is 7.25. The second kappa shape index (κ2) is 10.3. The fourth-order valence-electron chi connectivity index (χ4n) is 3.83. The Morgan fingerprint density at radius 2 is 1.82 bits per heavy atom. The number of aromatic nitrogens is 1. The maximum Gasteiger partial charge on any atom is 0.309 e. The van der Waals surface area contributed by atoms with Gasteiger partial charge in [-0.25, -0.2) is 12.8 Å². The van der Waals surface area contributed by atoms with Gasteiger partial charge < -0.3 is 20.4 Å². The minimum Gasteiger partial charge on any atom is -0.361 e.